The molecule has 0 bridgehead atoms. The summed E-state index contributed by atoms with van der Waals surface area (Å²) in [4.78, 5) is 21.4. The van der Waals surface area contributed by atoms with Gasteiger partial charge in [0.05, 0.1) is 0 Å². The molecule has 1 heterocycles. The Hall–Kier alpha value is -1.85. The number of carboxylic acids is 1. The van der Waals surface area contributed by atoms with Gasteiger partial charge in [0.2, 0.25) is 5.76 Å². The molecule has 1 aromatic rings. The van der Waals surface area contributed by atoms with Crippen LogP contribution in [-0.2, 0) is 0 Å². The summed E-state index contributed by atoms with van der Waals surface area (Å²) in [6.07, 6.45) is 0. The summed E-state index contributed by atoms with van der Waals surface area (Å²) in [6, 6.07) is 1.08. The monoisotopic (exact) mass is 184 g/mol. The molecule has 0 fully saturated rings. The molecule has 2 N–H and O–H groups in total. The molecule has 1 rings (SSSR count). The van der Waals surface area contributed by atoms with E-state index < -0.39 is 11.9 Å². The Morgan fingerprint density at radius 2 is 2.38 bits per heavy atom. The van der Waals surface area contributed by atoms with E-state index in [9.17, 15) is 9.59 Å². The predicted octanol–water partition coefficient (Wildman–Crippen LogP) is 0.123. The molecule has 0 aliphatic heterocycles. The summed E-state index contributed by atoms with van der Waals surface area (Å²) < 4.78 is 4.38. The smallest absolute Gasteiger partial charge is 0.374 e. The number of amides is 1. The van der Waals surface area contributed by atoms with Gasteiger partial charge in [0.1, 0.15) is 0 Å². The first-order valence-corrected chi connectivity index (χ1v) is 3.63. The molecule has 13 heavy (non-hydrogen) atoms. The first kappa shape index (κ1) is 9.24. The molecule has 0 radical (unpaired) electrons. The van der Waals surface area contributed by atoms with Crippen LogP contribution in [0, 0.1) is 0 Å². The SMILES string of the molecule is CCNC(=O)c1cc(C(=O)O)on1. The summed E-state index contributed by atoms with van der Waals surface area (Å²) in [5, 5.41) is 14.2. The first-order chi connectivity index (χ1) is 6.15. The lowest BCUT2D eigenvalue weighted by molar-refractivity contribution is 0.0651. The van der Waals surface area contributed by atoms with Gasteiger partial charge in [-0.05, 0) is 6.92 Å². The van der Waals surface area contributed by atoms with Crippen LogP contribution < -0.4 is 5.32 Å². The van der Waals surface area contributed by atoms with E-state index in [2.05, 4.69) is 15.0 Å². The van der Waals surface area contributed by atoms with Gasteiger partial charge in [-0.1, -0.05) is 5.16 Å². The van der Waals surface area contributed by atoms with Gasteiger partial charge >= 0.3 is 5.97 Å². The van der Waals surface area contributed by atoms with Gasteiger partial charge in [0.25, 0.3) is 5.91 Å². The Kier molecular flexibility index (Phi) is 2.63. The van der Waals surface area contributed by atoms with Crippen LogP contribution in [0.5, 0.6) is 0 Å². The average molecular weight is 184 g/mol. The summed E-state index contributed by atoms with van der Waals surface area (Å²) in [6.45, 7) is 2.20. The van der Waals surface area contributed by atoms with Crippen LogP contribution in [0.2, 0.25) is 0 Å². The Labute approximate surface area is 73.5 Å². The molecule has 0 saturated carbocycles. The van der Waals surface area contributed by atoms with Crippen molar-refractivity contribution in [1.29, 1.82) is 0 Å². The zero-order valence-corrected chi connectivity index (χ0v) is 6.90. The standard InChI is InChI=1S/C7H8N2O4/c1-2-8-6(10)4-3-5(7(11)12)13-9-4/h3H,2H2,1H3,(H,8,10)(H,11,12). The number of rotatable bonds is 3. The highest BCUT2D eigenvalue weighted by Gasteiger charge is 2.15. The van der Waals surface area contributed by atoms with Gasteiger partial charge in [-0.15, -0.1) is 0 Å². The number of aromatic nitrogens is 1. The molecule has 6 heteroatoms. The molecule has 0 unspecified atom stereocenters. The second-order valence-corrected chi connectivity index (χ2v) is 2.24. The van der Waals surface area contributed by atoms with Crippen molar-refractivity contribution in [3.05, 3.63) is 17.5 Å². The quantitative estimate of drug-likeness (QED) is 0.696. The molecular formula is C7H8N2O4. The number of carboxylic acid groups (broad SMARTS) is 1. The van der Waals surface area contributed by atoms with Crippen molar-refractivity contribution >= 4 is 11.9 Å². The van der Waals surface area contributed by atoms with Crippen LogP contribution >= 0.6 is 0 Å². The molecule has 1 amide bonds. The molecule has 0 aromatic carbocycles. The lowest BCUT2D eigenvalue weighted by Crippen LogP contribution is -2.22. The van der Waals surface area contributed by atoms with Gasteiger partial charge in [-0.3, -0.25) is 4.79 Å². The van der Waals surface area contributed by atoms with Crippen molar-refractivity contribution in [2.75, 3.05) is 6.54 Å². The average Bonchev–Trinajstić information content (AvgIpc) is 2.52. The second kappa shape index (κ2) is 3.70. The van der Waals surface area contributed by atoms with Gasteiger partial charge in [0.15, 0.2) is 5.69 Å². The molecule has 0 aliphatic carbocycles. The van der Waals surface area contributed by atoms with Gasteiger partial charge < -0.3 is 14.9 Å². The number of carbonyl (C=O) groups excluding carboxylic acids is 1. The van der Waals surface area contributed by atoms with E-state index in [0.29, 0.717) is 6.54 Å². The molecule has 0 spiro atoms. The maximum Gasteiger partial charge on any atom is 0.374 e. The van der Waals surface area contributed by atoms with E-state index in [1.165, 1.54) is 0 Å². The van der Waals surface area contributed by atoms with E-state index in [-0.39, 0.29) is 11.5 Å². The van der Waals surface area contributed by atoms with E-state index in [1.54, 1.807) is 6.92 Å². The summed E-state index contributed by atoms with van der Waals surface area (Å²) in [5.74, 6) is -2.04. The minimum atomic E-state index is -1.25. The van der Waals surface area contributed by atoms with Crippen molar-refractivity contribution in [3.8, 4) is 0 Å². The van der Waals surface area contributed by atoms with Crippen LogP contribution in [0.1, 0.15) is 28.0 Å². The molecule has 0 aliphatic rings. The predicted molar refractivity (Wildman–Crippen MR) is 41.5 cm³/mol. The minimum Gasteiger partial charge on any atom is -0.475 e. The van der Waals surface area contributed by atoms with Crippen LogP contribution in [0.15, 0.2) is 10.6 Å². The van der Waals surface area contributed by atoms with Crippen molar-refractivity contribution in [2.45, 2.75) is 6.92 Å². The first-order valence-electron chi connectivity index (χ1n) is 3.63. The second-order valence-electron chi connectivity index (χ2n) is 2.24. The fourth-order valence-electron chi connectivity index (χ4n) is 0.734. The van der Waals surface area contributed by atoms with E-state index >= 15 is 0 Å². The van der Waals surface area contributed by atoms with E-state index in [1.807, 2.05) is 0 Å². The summed E-state index contributed by atoms with van der Waals surface area (Å²) in [5.41, 5.74) is -0.0285. The number of carbonyl (C=O) groups is 2. The molecule has 0 saturated heterocycles. The number of hydrogen-bond acceptors (Lipinski definition) is 4. The van der Waals surface area contributed by atoms with Crippen LogP contribution in [0.25, 0.3) is 0 Å². The highest BCUT2D eigenvalue weighted by atomic mass is 16.5. The largest absolute Gasteiger partial charge is 0.475 e. The van der Waals surface area contributed by atoms with Crippen LogP contribution in [0.4, 0.5) is 0 Å². The molecule has 6 nitrogen and oxygen atoms in total. The van der Waals surface area contributed by atoms with Crippen LogP contribution in [0.3, 0.4) is 0 Å². The van der Waals surface area contributed by atoms with Crippen molar-refractivity contribution in [3.63, 3.8) is 0 Å². The maximum absolute atomic E-state index is 11.1. The Morgan fingerprint density at radius 3 is 2.85 bits per heavy atom. The Morgan fingerprint density at radius 1 is 1.69 bits per heavy atom. The highest BCUT2D eigenvalue weighted by molar-refractivity contribution is 5.94. The summed E-state index contributed by atoms with van der Waals surface area (Å²) in [7, 11) is 0. The third kappa shape index (κ3) is 2.05. The van der Waals surface area contributed by atoms with Crippen molar-refractivity contribution in [1.82, 2.24) is 10.5 Å². The lowest BCUT2D eigenvalue weighted by atomic mass is 10.3. The van der Waals surface area contributed by atoms with Crippen molar-refractivity contribution < 1.29 is 19.2 Å². The van der Waals surface area contributed by atoms with E-state index in [4.69, 9.17) is 5.11 Å². The number of aromatic carboxylic acids is 1. The lowest BCUT2D eigenvalue weighted by Gasteiger charge is -1.94. The van der Waals surface area contributed by atoms with Crippen LogP contribution in [-0.4, -0.2) is 28.7 Å². The summed E-state index contributed by atoms with van der Waals surface area (Å²) >= 11 is 0. The fraction of sp³-hybridized carbons (Fsp3) is 0.286. The highest BCUT2D eigenvalue weighted by Crippen LogP contribution is 2.02. The van der Waals surface area contributed by atoms with E-state index in [0.717, 1.165) is 6.07 Å². The van der Waals surface area contributed by atoms with Gasteiger partial charge in [-0.2, -0.15) is 0 Å². The molecular weight excluding hydrogens is 176 g/mol. The minimum absolute atomic E-state index is 0.0285. The van der Waals surface area contributed by atoms with Crippen molar-refractivity contribution in [2.24, 2.45) is 0 Å². The Bertz CT molecular complexity index is 331. The fourth-order valence-corrected chi connectivity index (χ4v) is 0.734. The topological polar surface area (TPSA) is 92.4 Å². The third-order valence-corrected chi connectivity index (χ3v) is 1.29. The third-order valence-electron chi connectivity index (χ3n) is 1.29. The maximum atomic E-state index is 11.1. The Balaban J connectivity index is 2.79. The molecule has 0 atom stereocenters. The number of nitrogens with zero attached hydrogens (tertiary/aromatic N) is 1. The van der Waals surface area contributed by atoms with Gasteiger partial charge in [-0.25, -0.2) is 4.79 Å². The number of nitrogens with one attached hydrogen (secondary N) is 1. The zero-order chi connectivity index (χ0) is 9.84. The zero-order valence-electron chi connectivity index (χ0n) is 6.90. The molecule has 70 valence electrons. The normalized spacial score (nSPS) is 9.62. The van der Waals surface area contributed by atoms with Gasteiger partial charge in [0, 0.05) is 12.6 Å². The molecule has 1 aromatic heterocycles. The number of hydrogen-bond donors (Lipinski definition) is 2.